The zero-order valence-corrected chi connectivity index (χ0v) is 19.5. The fourth-order valence-electron chi connectivity index (χ4n) is 4.02. The number of imidazole rings is 1. The molecule has 2 aromatic heterocycles. The smallest absolute Gasteiger partial charge is 0.262 e. The summed E-state index contributed by atoms with van der Waals surface area (Å²) >= 11 is 0. The predicted octanol–water partition coefficient (Wildman–Crippen LogP) is 2.06. The molecule has 4 rings (SSSR count). The lowest BCUT2D eigenvalue weighted by molar-refractivity contribution is 0.383. The normalized spacial score (nSPS) is 15.7. The molecule has 9 nitrogen and oxygen atoms in total. The Kier molecular flexibility index (Phi) is 5.61. The first-order valence-electron chi connectivity index (χ1n) is 10.4. The first kappa shape index (κ1) is 21.5. The van der Waals surface area contributed by atoms with Gasteiger partial charge in [-0.3, -0.25) is 0 Å². The van der Waals surface area contributed by atoms with E-state index in [1.807, 2.05) is 52.0 Å². The molecule has 0 spiro atoms. The second kappa shape index (κ2) is 8.08. The summed E-state index contributed by atoms with van der Waals surface area (Å²) in [7, 11) is 2.15. The van der Waals surface area contributed by atoms with Gasteiger partial charge in [0.1, 0.15) is 18.0 Å². The Balaban J connectivity index is 1.53. The van der Waals surface area contributed by atoms with E-state index < -0.39 is 10.0 Å². The maximum atomic E-state index is 13.1. The average Bonchev–Trinajstić information content (AvgIpc) is 3.15. The monoisotopic (exact) mass is 443 g/mol. The standard InChI is InChI=1S/C21H29N7O2S/c1-15(2)20-24-19(13-26(20)5)31(29,30)28-10-8-27(9-11-28)16-6-7-18-17(12-16)21(25(3)4)23-14-22-18/h6-7,12-15H,8-11H2,1-5H3. The van der Waals surface area contributed by atoms with E-state index >= 15 is 0 Å². The van der Waals surface area contributed by atoms with E-state index in [1.165, 1.54) is 4.31 Å². The van der Waals surface area contributed by atoms with Crippen LogP contribution >= 0.6 is 0 Å². The molecule has 0 amide bonds. The highest BCUT2D eigenvalue weighted by molar-refractivity contribution is 7.89. The van der Waals surface area contributed by atoms with Crippen LogP contribution in [0.25, 0.3) is 10.9 Å². The molecular weight excluding hydrogens is 414 g/mol. The van der Waals surface area contributed by atoms with Gasteiger partial charge in [-0.1, -0.05) is 13.8 Å². The summed E-state index contributed by atoms with van der Waals surface area (Å²) in [5.41, 5.74) is 1.93. The predicted molar refractivity (Wildman–Crippen MR) is 122 cm³/mol. The van der Waals surface area contributed by atoms with Crippen LogP contribution in [0.15, 0.2) is 35.7 Å². The Labute approximate surface area is 183 Å². The van der Waals surface area contributed by atoms with Gasteiger partial charge in [-0.2, -0.15) is 4.31 Å². The third-order valence-electron chi connectivity index (χ3n) is 5.64. The van der Waals surface area contributed by atoms with Crippen molar-refractivity contribution in [2.24, 2.45) is 7.05 Å². The number of anilines is 2. The van der Waals surface area contributed by atoms with E-state index in [4.69, 9.17) is 0 Å². The van der Waals surface area contributed by atoms with E-state index in [-0.39, 0.29) is 10.9 Å². The number of benzene rings is 1. The van der Waals surface area contributed by atoms with Gasteiger partial charge in [-0.05, 0) is 18.2 Å². The molecule has 0 N–H and O–H groups in total. The molecule has 10 heteroatoms. The number of nitrogens with zero attached hydrogens (tertiary/aromatic N) is 7. The van der Waals surface area contributed by atoms with E-state index in [9.17, 15) is 8.42 Å². The van der Waals surface area contributed by atoms with Gasteiger partial charge >= 0.3 is 0 Å². The van der Waals surface area contributed by atoms with Crippen molar-refractivity contribution in [1.82, 2.24) is 23.8 Å². The summed E-state index contributed by atoms with van der Waals surface area (Å²) in [5.74, 6) is 1.80. The molecule has 1 fully saturated rings. The number of hydrogen-bond acceptors (Lipinski definition) is 7. The van der Waals surface area contributed by atoms with Crippen molar-refractivity contribution in [3.63, 3.8) is 0 Å². The lowest BCUT2D eigenvalue weighted by Gasteiger charge is -2.35. The van der Waals surface area contributed by atoms with E-state index in [2.05, 4.69) is 25.9 Å². The Morgan fingerprint density at radius 1 is 1.06 bits per heavy atom. The number of rotatable bonds is 5. The lowest BCUT2D eigenvalue weighted by Crippen LogP contribution is -2.48. The summed E-state index contributed by atoms with van der Waals surface area (Å²) in [6.45, 7) is 6.07. The van der Waals surface area contributed by atoms with Crippen molar-refractivity contribution in [3.8, 4) is 0 Å². The molecular formula is C21H29N7O2S. The fourth-order valence-corrected chi connectivity index (χ4v) is 5.42. The Bertz CT molecular complexity index is 1200. The molecule has 0 saturated carbocycles. The van der Waals surface area contributed by atoms with Crippen LogP contribution in [0.3, 0.4) is 0 Å². The summed E-state index contributed by atoms with van der Waals surface area (Å²) in [6, 6.07) is 6.11. The number of fused-ring (bicyclic) bond motifs is 1. The SMILES string of the molecule is CC(C)c1nc(S(=O)(=O)N2CCN(c3ccc4ncnc(N(C)C)c4c3)CC2)cn1C. The first-order valence-corrected chi connectivity index (χ1v) is 11.8. The second-order valence-corrected chi connectivity index (χ2v) is 10.3. The van der Waals surface area contributed by atoms with Crippen molar-refractivity contribution in [3.05, 3.63) is 36.5 Å². The van der Waals surface area contributed by atoms with Gasteiger partial charge in [-0.25, -0.2) is 23.4 Å². The second-order valence-electron chi connectivity index (χ2n) is 8.39. The van der Waals surface area contributed by atoms with Gasteiger partial charge in [0.15, 0.2) is 5.03 Å². The molecule has 166 valence electrons. The van der Waals surface area contributed by atoms with Crippen LogP contribution in [0.1, 0.15) is 25.6 Å². The largest absolute Gasteiger partial charge is 0.369 e. The summed E-state index contributed by atoms with van der Waals surface area (Å²) in [4.78, 5) is 17.3. The molecule has 31 heavy (non-hydrogen) atoms. The van der Waals surface area contributed by atoms with Crippen molar-refractivity contribution in [2.75, 3.05) is 50.1 Å². The molecule has 1 aromatic carbocycles. The topological polar surface area (TPSA) is 87.5 Å². The van der Waals surface area contributed by atoms with E-state index in [0.717, 1.165) is 28.2 Å². The van der Waals surface area contributed by atoms with Crippen LogP contribution in [0.5, 0.6) is 0 Å². The Morgan fingerprint density at radius 2 is 1.77 bits per heavy atom. The lowest BCUT2D eigenvalue weighted by atomic mass is 10.1. The van der Waals surface area contributed by atoms with Crippen molar-refractivity contribution < 1.29 is 8.42 Å². The third-order valence-corrected chi connectivity index (χ3v) is 7.41. The molecule has 0 aliphatic carbocycles. The minimum absolute atomic E-state index is 0.130. The summed E-state index contributed by atoms with van der Waals surface area (Å²) in [6.07, 6.45) is 3.19. The van der Waals surface area contributed by atoms with Gasteiger partial charge in [0.2, 0.25) is 0 Å². The molecule has 1 aliphatic rings. The Hall–Kier alpha value is -2.72. The Morgan fingerprint density at radius 3 is 2.39 bits per heavy atom. The zero-order valence-electron chi connectivity index (χ0n) is 18.6. The molecule has 1 aliphatic heterocycles. The molecule has 0 unspecified atom stereocenters. The van der Waals surface area contributed by atoms with Gasteiger partial charge in [0.25, 0.3) is 10.0 Å². The van der Waals surface area contributed by atoms with Crippen molar-refractivity contribution in [2.45, 2.75) is 24.8 Å². The minimum Gasteiger partial charge on any atom is -0.369 e. The van der Waals surface area contributed by atoms with Crippen LogP contribution in [-0.4, -0.2) is 72.5 Å². The highest BCUT2D eigenvalue weighted by atomic mass is 32.2. The van der Waals surface area contributed by atoms with Gasteiger partial charge in [-0.15, -0.1) is 0 Å². The number of aromatic nitrogens is 4. The average molecular weight is 444 g/mol. The van der Waals surface area contributed by atoms with Crippen molar-refractivity contribution >= 4 is 32.4 Å². The molecule has 3 heterocycles. The maximum absolute atomic E-state index is 13.1. The maximum Gasteiger partial charge on any atom is 0.262 e. The fraction of sp³-hybridized carbons (Fsp3) is 0.476. The highest BCUT2D eigenvalue weighted by Gasteiger charge is 2.31. The molecule has 0 radical (unpaired) electrons. The van der Waals surface area contributed by atoms with Crippen LogP contribution in [0.2, 0.25) is 0 Å². The van der Waals surface area contributed by atoms with Crippen LogP contribution in [0, 0.1) is 0 Å². The van der Waals surface area contributed by atoms with Crippen LogP contribution in [-0.2, 0) is 17.1 Å². The first-order chi connectivity index (χ1) is 14.7. The van der Waals surface area contributed by atoms with Crippen molar-refractivity contribution in [1.29, 1.82) is 0 Å². The van der Waals surface area contributed by atoms with Crippen LogP contribution in [0.4, 0.5) is 11.5 Å². The van der Waals surface area contributed by atoms with Gasteiger partial charge in [0, 0.05) is 70.5 Å². The van der Waals surface area contributed by atoms with E-state index in [0.29, 0.717) is 26.2 Å². The molecule has 0 atom stereocenters. The van der Waals surface area contributed by atoms with Gasteiger partial charge in [0.05, 0.1) is 5.52 Å². The van der Waals surface area contributed by atoms with E-state index in [1.54, 1.807) is 17.1 Å². The number of aryl methyl sites for hydroxylation is 1. The molecule has 0 bridgehead atoms. The van der Waals surface area contributed by atoms with Crippen LogP contribution < -0.4 is 9.80 Å². The zero-order chi connectivity index (χ0) is 22.3. The molecule has 1 saturated heterocycles. The number of hydrogen-bond donors (Lipinski definition) is 0. The van der Waals surface area contributed by atoms with Gasteiger partial charge < -0.3 is 14.4 Å². The quantitative estimate of drug-likeness (QED) is 0.596. The minimum atomic E-state index is -3.61. The third kappa shape index (κ3) is 3.97. The summed E-state index contributed by atoms with van der Waals surface area (Å²) < 4.78 is 29.6. The summed E-state index contributed by atoms with van der Waals surface area (Å²) in [5, 5.41) is 1.11. The number of sulfonamides is 1. The molecule has 3 aromatic rings. The number of piperazine rings is 1. The highest BCUT2D eigenvalue weighted by Crippen LogP contribution is 2.28.